The first kappa shape index (κ1) is 12.1. The fourth-order valence-corrected chi connectivity index (χ4v) is 2.13. The van der Waals surface area contributed by atoms with Crippen LogP contribution in [-0.2, 0) is 0 Å². The van der Waals surface area contributed by atoms with Gasteiger partial charge in [0.15, 0.2) is 0 Å². The lowest BCUT2D eigenvalue weighted by Crippen LogP contribution is -1.89. The van der Waals surface area contributed by atoms with E-state index in [0.717, 1.165) is 10.0 Å². The maximum atomic E-state index is 10.7. The molecule has 0 bridgehead atoms. The number of hydrogen-bond acceptors (Lipinski definition) is 2. The number of hydrogen-bond donors (Lipinski definition) is 0. The van der Waals surface area contributed by atoms with Crippen molar-refractivity contribution in [1.82, 2.24) is 0 Å². The van der Waals surface area contributed by atoms with Gasteiger partial charge in [-0.1, -0.05) is 39.7 Å². The predicted octanol–water partition coefficient (Wildman–Crippen LogP) is 4.68. The highest BCUT2D eigenvalue weighted by atomic mass is 79.9. The first-order valence-electron chi connectivity index (χ1n) is 4.78. The van der Waals surface area contributed by atoms with Gasteiger partial charge < -0.3 is 0 Å². The van der Waals surface area contributed by atoms with Gasteiger partial charge >= 0.3 is 0 Å². The highest BCUT2D eigenvalue weighted by Gasteiger charge is 2.11. The molecule has 86 valence electrons. The normalized spacial score (nSPS) is 10.2. The summed E-state index contributed by atoms with van der Waals surface area (Å²) in [6.07, 6.45) is 0. The molecular weight excluding hydrogens is 305 g/mol. The number of halogens is 2. The Labute approximate surface area is 111 Å². The highest BCUT2D eigenvalue weighted by Crippen LogP contribution is 2.32. The first-order valence-corrected chi connectivity index (χ1v) is 5.95. The number of nitrogens with zero attached hydrogens (tertiary/aromatic N) is 1. The molecule has 0 amide bonds. The molecule has 0 unspecified atom stereocenters. The molecule has 0 N–H and O–H groups in total. The van der Waals surface area contributed by atoms with Crippen molar-refractivity contribution in [3.63, 3.8) is 0 Å². The molecule has 0 aliphatic heterocycles. The third-order valence-electron chi connectivity index (χ3n) is 2.30. The lowest BCUT2D eigenvalue weighted by atomic mass is 10.1. The van der Waals surface area contributed by atoms with Crippen LogP contribution in [-0.4, -0.2) is 4.92 Å². The molecule has 17 heavy (non-hydrogen) atoms. The van der Waals surface area contributed by atoms with Crippen LogP contribution in [0.3, 0.4) is 0 Å². The molecule has 0 saturated heterocycles. The van der Waals surface area contributed by atoms with Crippen molar-refractivity contribution in [3.8, 4) is 11.1 Å². The van der Waals surface area contributed by atoms with E-state index in [4.69, 9.17) is 11.6 Å². The Hall–Kier alpha value is -1.39. The molecule has 0 saturated carbocycles. The third kappa shape index (κ3) is 2.65. The second-order valence-corrected chi connectivity index (χ2v) is 4.75. The van der Waals surface area contributed by atoms with Gasteiger partial charge in [-0.05, 0) is 23.8 Å². The van der Waals surface area contributed by atoms with Crippen molar-refractivity contribution in [2.24, 2.45) is 0 Å². The van der Waals surface area contributed by atoms with Crippen LogP contribution in [0.4, 0.5) is 5.69 Å². The zero-order valence-corrected chi connectivity index (χ0v) is 10.9. The average Bonchev–Trinajstić information content (AvgIpc) is 2.29. The van der Waals surface area contributed by atoms with Crippen LogP contribution in [0, 0.1) is 10.1 Å². The van der Waals surface area contributed by atoms with E-state index < -0.39 is 4.92 Å². The summed E-state index contributed by atoms with van der Waals surface area (Å²) in [5, 5.41) is 11.2. The molecule has 0 aliphatic carbocycles. The van der Waals surface area contributed by atoms with Gasteiger partial charge in [0.05, 0.1) is 4.92 Å². The van der Waals surface area contributed by atoms with Crippen LogP contribution in [0.1, 0.15) is 0 Å². The zero-order chi connectivity index (χ0) is 12.4. The van der Waals surface area contributed by atoms with E-state index in [2.05, 4.69) is 15.9 Å². The van der Waals surface area contributed by atoms with Crippen molar-refractivity contribution in [2.75, 3.05) is 0 Å². The Morgan fingerprint density at radius 2 is 1.94 bits per heavy atom. The molecule has 0 spiro atoms. The Morgan fingerprint density at radius 3 is 2.59 bits per heavy atom. The number of nitro groups is 1. The Balaban J connectivity index is 2.58. The maximum Gasteiger partial charge on any atom is 0.270 e. The van der Waals surface area contributed by atoms with Crippen molar-refractivity contribution in [3.05, 3.63) is 62.1 Å². The van der Waals surface area contributed by atoms with E-state index in [1.54, 1.807) is 0 Å². The van der Waals surface area contributed by atoms with Crippen molar-refractivity contribution in [1.29, 1.82) is 0 Å². The molecule has 0 fully saturated rings. The van der Waals surface area contributed by atoms with Crippen molar-refractivity contribution in [2.45, 2.75) is 0 Å². The van der Waals surface area contributed by atoms with Gasteiger partial charge in [-0.25, -0.2) is 0 Å². The van der Waals surface area contributed by atoms with Crippen molar-refractivity contribution < 1.29 is 4.92 Å². The van der Waals surface area contributed by atoms with E-state index >= 15 is 0 Å². The molecule has 0 aliphatic rings. The molecule has 0 radical (unpaired) electrons. The number of rotatable bonds is 2. The van der Waals surface area contributed by atoms with Crippen LogP contribution in [0.2, 0.25) is 5.02 Å². The molecule has 3 nitrogen and oxygen atoms in total. The topological polar surface area (TPSA) is 43.1 Å². The van der Waals surface area contributed by atoms with Crippen LogP contribution in [0.25, 0.3) is 11.1 Å². The van der Waals surface area contributed by atoms with Gasteiger partial charge in [0.1, 0.15) is 0 Å². The molecule has 2 rings (SSSR count). The highest BCUT2D eigenvalue weighted by molar-refractivity contribution is 9.10. The Bertz CT molecular complexity index is 586. The van der Waals surface area contributed by atoms with Gasteiger partial charge in [0.2, 0.25) is 0 Å². The van der Waals surface area contributed by atoms with Gasteiger partial charge in [-0.15, -0.1) is 0 Å². The lowest BCUT2D eigenvalue weighted by Gasteiger charge is -2.04. The summed E-state index contributed by atoms with van der Waals surface area (Å²) in [5.74, 6) is 0. The molecule has 0 atom stereocenters. The van der Waals surface area contributed by atoms with Crippen LogP contribution < -0.4 is 0 Å². The van der Waals surface area contributed by atoms with E-state index in [-0.39, 0.29) is 5.69 Å². The van der Waals surface area contributed by atoms with E-state index in [1.165, 1.54) is 18.2 Å². The number of benzene rings is 2. The summed E-state index contributed by atoms with van der Waals surface area (Å²) < 4.78 is 0.901. The predicted molar refractivity (Wildman–Crippen MR) is 71.2 cm³/mol. The summed E-state index contributed by atoms with van der Waals surface area (Å²) in [5.41, 5.74) is 1.53. The summed E-state index contributed by atoms with van der Waals surface area (Å²) >= 11 is 9.40. The minimum atomic E-state index is -0.433. The summed E-state index contributed by atoms with van der Waals surface area (Å²) in [6, 6.07) is 11.9. The monoisotopic (exact) mass is 311 g/mol. The van der Waals surface area contributed by atoms with E-state index in [0.29, 0.717) is 10.6 Å². The van der Waals surface area contributed by atoms with Crippen LogP contribution in [0.5, 0.6) is 0 Å². The molecular formula is C12H7BrClNO2. The summed E-state index contributed by atoms with van der Waals surface area (Å²) in [7, 11) is 0. The zero-order valence-electron chi connectivity index (χ0n) is 8.56. The Kier molecular flexibility index (Phi) is 3.45. The van der Waals surface area contributed by atoms with Crippen molar-refractivity contribution >= 4 is 33.2 Å². The van der Waals surface area contributed by atoms with Gasteiger partial charge in [0.25, 0.3) is 5.69 Å². The molecule has 2 aromatic rings. The maximum absolute atomic E-state index is 10.7. The van der Waals surface area contributed by atoms with E-state index in [1.807, 2.05) is 24.3 Å². The van der Waals surface area contributed by atoms with Crippen LogP contribution in [0.15, 0.2) is 46.9 Å². The number of nitro benzene ring substituents is 1. The fourth-order valence-electron chi connectivity index (χ4n) is 1.50. The lowest BCUT2D eigenvalue weighted by molar-refractivity contribution is -0.384. The van der Waals surface area contributed by atoms with Crippen LogP contribution >= 0.6 is 27.5 Å². The largest absolute Gasteiger partial charge is 0.270 e. The smallest absolute Gasteiger partial charge is 0.258 e. The SMILES string of the molecule is O=[N+]([O-])c1ccc(Cl)c(-c2cccc(Br)c2)c1. The average molecular weight is 313 g/mol. The van der Waals surface area contributed by atoms with E-state index in [9.17, 15) is 10.1 Å². The minimum Gasteiger partial charge on any atom is -0.258 e. The molecule has 0 aromatic heterocycles. The van der Waals surface area contributed by atoms with Gasteiger partial charge in [-0.3, -0.25) is 10.1 Å². The minimum absolute atomic E-state index is 0.0318. The second kappa shape index (κ2) is 4.85. The quantitative estimate of drug-likeness (QED) is 0.597. The van der Waals surface area contributed by atoms with Gasteiger partial charge in [0, 0.05) is 27.2 Å². The summed E-state index contributed by atoms with van der Waals surface area (Å²) in [6.45, 7) is 0. The molecule has 0 heterocycles. The number of non-ortho nitro benzene ring substituents is 1. The Morgan fingerprint density at radius 1 is 1.18 bits per heavy atom. The first-order chi connectivity index (χ1) is 8.08. The standard InChI is InChI=1S/C12H7BrClNO2/c13-9-3-1-2-8(6-9)11-7-10(15(16)17)4-5-12(11)14/h1-7H. The second-order valence-electron chi connectivity index (χ2n) is 3.43. The molecule has 2 aromatic carbocycles. The fraction of sp³-hybridized carbons (Fsp3) is 0. The summed E-state index contributed by atoms with van der Waals surface area (Å²) in [4.78, 5) is 10.3. The third-order valence-corrected chi connectivity index (χ3v) is 3.12. The van der Waals surface area contributed by atoms with Gasteiger partial charge in [-0.2, -0.15) is 0 Å². The molecule has 5 heteroatoms.